The molecule has 0 fully saturated rings. The van der Waals surface area contributed by atoms with Crippen molar-refractivity contribution in [3.63, 3.8) is 0 Å². The SMILES string of the molecule is CN(C)C(Cc1ccccc1)C(=O)NCCCCCCCCn1ccc2cc(OCc3ccccc3)ccc21. The number of aromatic nitrogens is 1. The number of aryl methyl sites for hydroxylation is 1. The summed E-state index contributed by atoms with van der Waals surface area (Å²) in [5.74, 6) is 1.03. The molecule has 1 N–H and O–H groups in total. The molecule has 4 rings (SSSR count). The largest absolute Gasteiger partial charge is 0.489 e. The highest BCUT2D eigenvalue weighted by atomic mass is 16.5. The summed E-state index contributed by atoms with van der Waals surface area (Å²) in [5, 5.41) is 4.37. The molecular weight excluding hydrogens is 482 g/mol. The van der Waals surface area contributed by atoms with Gasteiger partial charge in [0.05, 0.1) is 6.04 Å². The maximum Gasteiger partial charge on any atom is 0.237 e. The Morgan fingerprint density at radius 2 is 1.49 bits per heavy atom. The number of carbonyl (C=O) groups is 1. The summed E-state index contributed by atoms with van der Waals surface area (Å²) in [7, 11) is 3.95. The zero-order valence-electron chi connectivity index (χ0n) is 23.5. The van der Waals surface area contributed by atoms with Crippen LogP contribution in [0.15, 0.2) is 91.1 Å². The molecule has 1 aromatic heterocycles. The quantitative estimate of drug-likeness (QED) is 0.163. The van der Waals surface area contributed by atoms with Crippen molar-refractivity contribution < 1.29 is 9.53 Å². The standard InChI is InChI=1S/C34H43N3O2/c1-36(2)33(25-28-15-9-7-10-16-28)34(38)35-22-13-5-3-4-6-14-23-37-24-21-30-26-31(19-20-32(30)37)39-27-29-17-11-8-12-18-29/h7-12,15-21,24,26,33H,3-6,13-14,22-23,25,27H2,1-2H3,(H,35,38). The van der Waals surface area contributed by atoms with Crippen molar-refractivity contribution >= 4 is 16.8 Å². The Labute approximate surface area is 233 Å². The second-order valence-corrected chi connectivity index (χ2v) is 10.6. The molecule has 1 atom stereocenters. The molecule has 0 aliphatic rings. The summed E-state index contributed by atoms with van der Waals surface area (Å²) in [5.41, 5.74) is 3.63. The van der Waals surface area contributed by atoms with E-state index in [4.69, 9.17) is 4.74 Å². The molecule has 0 aliphatic carbocycles. The van der Waals surface area contributed by atoms with Gasteiger partial charge in [0.25, 0.3) is 0 Å². The molecule has 1 amide bonds. The van der Waals surface area contributed by atoms with Gasteiger partial charge in [0.15, 0.2) is 0 Å². The molecule has 0 spiro atoms. The Kier molecular flexibility index (Phi) is 11.0. The van der Waals surface area contributed by atoms with Crippen molar-refractivity contribution in [3.05, 3.63) is 102 Å². The summed E-state index contributed by atoms with van der Waals surface area (Å²) in [6, 6.07) is 28.9. The van der Waals surface area contributed by atoms with E-state index in [1.807, 2.05) is 55.4 Å². The number of ether oxygens (including phenoxy) is 1. The van der Waals surface area contributed by atoms with Crippen LogP contribution in [0, 0.1) is 0 Å². The third kappa shape index (κ3) is 9.00. The lowest BCUT2D eigenvalue weighted by atomic mass is 10.0. The van der Waals surface area contributed by atoms with Gasteiger partial charge in [0.2, 0.25) is 5.91 Å². The Hall–Kier alpha value is -3.57. The third-order valence-electron chi connectivity index (χ3n) is 7.31. The average molecular weight is 526 g/mol. The number of hydrogen-bond acceptors (Lipinski definition) is 3. The number of amides is 1. The molecule has 4 aromatic rings. The van der Waals surface area contributed by atoms with E-state index in [0.717, 1.165) is 38.1 Å². The first-order chi connectivity index (χ1) is 19.1. The number of carbonyl (C=O) groups excluding carboxylic acids is 1. The second-order valence-electron chi connectivity index (χ2n) is 10.6. The maximum atomic E-state index is 12.7. The average Bonchev–Trinajstić information content (AvgIpc) is 3.36. The zero-order chi connectivity index (χ0) is 27.3. The van der Waals surface area contributed by atoms with E-state index < -0.39 is 0 Å². The summed E-state index contributed by atoms with van der Waals surface area (Å²) >= 11 is 0. The van der Waals surface area contributed by atoms with Crippen LogP contribution in [0.5, 0.6) is 5.75 Å². The number of likely N-dealkylation sites (N-methyl/N-ethyl adjacent to an activating group) is 1. The lowest BCUT2D eigenvalue weighted by molar-refractivity contribution is -0.125. The molecule has 0 radical (unpaired) electrons. The van der Waals surface area contributed by atoms with Gasteiger partial charge in [-0.15, -0.1) is 0 Å². The predicted molar refractivity (Wildman–Crippen MR) is 161 cm³/mol. The minimum atomic E-state index is -0.134. The molecule has 3 aromatic carbocycles. The fourth-order valence-electron chi connectivity index (χ4n) is 4.99. The molecule has 5 heteroatoms. The van der Waals surface area contributed by atoms with Gasteiger partial charge in [0.1, 0.15) is 12.4 Å². The van der Waals surface area contributed by atoms with Gasteiger partial charge in [-0.05, 0) is 68.8 Å². The summed E-state index contributed by atoms with van der Waals surface area (Å²) in [6.45, 7) is 2.38. The molecular formula is C34H43N3O2. The van der Waals surface area contributed by atoms with E-state index >= 15 is 0 Å². The molecule has 1 unspecified atom stereocenters. The number of benzene rings is 3. The predicted octanol–water partition coefficient (Wildman–Crippen LogP) is 6.85. The van der Waals surface area contributed by atoms with E-state index in [0.29, 0.717) is 6.61 Å². The number of hydrogen-bond donors (Lipinski definition) is 1. The van der Waals surface area contributed by atoms with Crippen molar-refractivity contribution in [1.82, 2.24) is 14.8 Å². The van der Waals surface area contributed by atoms with E-state index in [1.165, 1.54) is 47.7 Å². The fraction of sp³-hybridized carbons (Fsp3) is 0.382. The van der Waals surface area contributed by atoms with Crippen molar-refractivity contribution in [2.75, 3.05) is 20.6 Å². The second kappa shape index (κ2) is 15.1. The molecule has 5 nitrogen and oxygen atoms in total. The molecule has 0 aliphatic heterocycles. The van der Waals surface area contributed by atoms with Crippen molar-refractivity contribution in [2.24, 2.45) is 0 Å². The fourth-order valence-corrected chi connectivity index (χ4v) is 4.99. The first kappa shape index (κ1) is 28.4. The van der Waals surface area contributed by atoms with E-state index in [2.05, 4.69) is 64.6 Å². The van der Waals surface area contributed by atoms with Gasteiger partial charge < -0.3 is 14.6 Å². The first-order valence-corrected chi connectivity index (χ1v) is 14.3. The Balaban J connectivity index is 1.08. The number of fused-ring (bicyclic) bond motifs is 1. The third-order valence-corrected chi connectivity index (χ3v) is 7.31. The minimum absolute atomic E-state index is 0.123. The van der Waals surface area contributed by atoms with Crippen LogP contribution in [-0.4, -0.2) is 42.1 Å². The highest BCUT2D eigenvalue weighted by Gasteiger charge is 2.20. The van der Waals surface area contributed by atoms with E-state index in [1.54, 1.807) is 0 Å². The lowest BCUT2D eigenvalue weighted by Crippen LogP contribution is -2.45. The van der Waals surface area contributed by atoms with Crippen LogP contribution in [0.3, 0.4) is 0 Å². The topological polar surface area (TPSA) is 46.5 Å². The summed E-state index contributed by atoms with van der Waals surface area (Å²) in [6.07, 6.45) is 9.97. The van der Waals surface area contributed by atoms with Gasteiger partial charge >= 0.3 is 0 Å². The van der Waals surface area contributed by atoms with Gasteiger partial charge in [-0.2, -0.15) is 0 Å². The Morgan fingerprint density at radius 3 is 2.21 bits per heavy atom. The maximum absolute atomic E-state index is 12.7. The molecule has 0 saturated carbocycles. The molecule has 39 heavy (non-hydrogen) atoms. The Morgan fingerprint density at radius 1 is 0.821 bits per heavy atom. The molecule has 206 valence electrons. The van der Waals surface area contributed by atoms with Crippen LogP contribution in [0.1, 0.15) is 49.7 Å². The highest BCUT2D eigenvalue weighted by Crippen LogP contribution is 2.23. The van der Waals surface area contributed by atoms with E-state index in [-0.39, 0.29) is 11.9 Å². The minimum Gasteiger partial charge on any atom is -0.489 e. The van der Waals surface area contributed by atoms with Crippen LogP contribution in [0.2, 0.25) is 0 Å². The van der Waals surface area contributed by atoms with Crippen LogP contribution < -0.4 is 10.1 Å². The number of nitrogens with one attached hydrogen (secondary N) is 1. The van der Waals surface area contributed by atoms with Crippen LogP contribution in [0.4, 0.5) is 0 Å². The van der Waals surface area contributed by atoms with Gasteiger partial charge in [-0.25, -0.2) is 0 Å². The van der Waals surface area contributed by atoms with Crippen molar-refractivity contribution in [1.29, 1.82) is 0 Å². The van der Waals surface area contributed by atoms with Crippen LogP contribution in [-0.2, 0) is 24.4 Å². The molecule has 0 bridgehead atoms. The smallest absolute Gasteiger partial charge is 0.237 e. The Bertz CT molecular complexity index is 1270. The monoisotopic (exact) mass is 525 g/mol. The number of nitrogens with zero attached hydrogens (tertiary/aromatic N) is 2. The lowest BCUT2D eigenvalue weighted by Gasteiger charge is -2.23. The summed E-state index contributed by atoms with van der Waals surface area (Å²) in [4.78, 5) is 14.7. The zero-order valence-corrected chi connectivity index (χ0v) is 23.5. The first-order valence-electron chi connectivity index (χ1n) is 14.3. The summed E-state index contributed by atoms with van der Waals surface area (Å²) < 4.78 is 8.34. The molecule has 0 saturated heterocycles. The number of unbranched alkanes of at least 4 members (excludes halogenated alkanes) is 5. The normalized spacial score (nSPS) is 12.1. The van der Waals surface area contributed by atoms with Crippen LogP contribution in [0.25, 0.3) is 10.9 Å². The highest BCUT2D eigenvalue weighted by molar-refractivity contribution is 5.82. The van der Waals surface area contributed by atoms with Gasteiger partial charge in [0, 0.05) is 30.2 Å². The van der Waals surface area contributed by atoms with Crippen molar-refractivity contribution in [3.8, 4) is 5.75 Å². The van der Waals surface area contributed by atoms with Gasteiger partial charge in [-0.3, -0.25) is 9.69 Å². The molecule has 1 heterocycles. The number of rotatable bonds is 16. The van der Waals surface area contributed by atoms with Gasteiger partial charge in [-0.1, -0.05) is 86.3 Å². The van der Waals surface area contributed by atoms with Crippen LogP contribution >= 0.6 is 0 Å². The van der Waals surface area contributed by atoms with E-state index in [9.17, 15) is 4.79 Å². The van der Waals surface area contributed by atoms with Crippen molar-refractivity contribution in [2.45, 2.75) is 64.1 Å².